The number of nitrogens with two attached hydrogens (primary N) is 1. The number of ketones is 1. The highest BCUT2D eigenvalue weighted by Gasteiger charge is 2.27. The Kier molecular flexibility index (Phi) is 8.10. The first-order valence-corrected chi connectivity index (χ1v) is 13.5. The highest BCUT2D eigenvalue weighted by Crippen LogP contribution is 2.43. The number of nitrogens with one attached hydrogen (secondary N) is 1. The molecule has 0 bridgehead atoms. The molecule has 0 saturated heterocycles. The Hall–Kier alpha value is -3.72. The van der Waals surface area contributed by atoms with Crippen LogP contribution in [0.4, 0.5) is 0 Å². The van der Waals surface area contributed by atoms with E-state index in [1.54, 1.807) is 0 Å². The number of Topliss-reactive ketones (excluding diaryl/α,β-unsaturated/α-hetero) is 1. The second-order valence-corrected chi connectivity index (χ2v) is 11.6. The number of carbonyl (C=O) groups is 2. The van der Waals surface area contributed by atoms with Gasteiger partial charge in [-0.2, -0.15) is 0 Å². The van der Waals surface area contributed by atoms with Gasteiger partial charge in [0.25, 0.3) is 0 Å². The largest absolute Gasteiger partial charge is 0.351 e. The average Bonchev–Trinajstić information content (AvgIpc) is 2.92. The van der Waals surface area contributed by atoms with Crippen LogP contribution >= 0.6 is 6.89 Å². The number of rotatable bonds is 9. The van der Waals surface area contributed by atoms with E-state index in [2.05, 4.69) is 41.7 Å². The summed E-state index contributed by atoms with van der Waals surface area (Å²) in [6.07, 6.45) is -0.0606. The van der Waals surface area contributed by atoms with E-state index < -0.39 is 12.9 Å². The molecule has 1 atom stereocenters. The zero-order valence-corrected chi connectivity index (χ0v) is 20.4. The Bertz CT molecular complexity index is 1200. The molecule has 0 spiro atoms. The minimum absolute atomic E-state index is 0.0606. The van der Waals surface area contributed by atoms with Crippen molar-refractivity contribution in [3.8, 4) is 0 Å². The first-order valence-electron chi connectivity index (χ1n) is 11.6. The highest BCUT2D eigenvalue weighted by molar-refractivity contribution is 7.95. The number of benzene rings is 4. The molecule has 35 heavy (non-hydrogen) atoms. The Balaban J connectivity index is 1.68. The summed E-state index contributed by atoms with van der Waals surface area (Å²) in [4.78, 5) is 26.1. The molecule has 0 saturated carbocycles. The Labute approximate surface area is 206 Å². The monoisotopic (exact) mass is 480 g/mol. The molecule has 4 nitrogen and oxygen atoms in total. The maximum atomic E-state index is 13.5. The third-order valence-electron chi connectivity index (χ3n) is 5.90. The minimum atomic E-state index is -2.42. The molecule has 0 heterocycles. The van der Waals surface area contributed by atoms with Crippen LogP contribution in [0, 0.1) is 0 Å². The van der Waals surface area contributed by atoms with E-state index in [0.717, 1.165) is 21.5 Å². The van der Waals surface area contributed by atoms with Crippen LogP contribution in [-0.2, 0) is 16.1 Å². The van der Waals surface area contributed by atoms with Gasteiger partial charge in [0.1, 0.15) is 0 Å². The maximum Gasteiger partial charge on any atom is 0.237 e. The first kappa shape index (κ1) is 24.4. The van der Waals surface area contributed by atoms with Gasteiger partial charge in [-0.15, -0.1) is 0 Å². The molecule has 4 rings (SSSR count). The molecule has 4 aromatic rings. The number of hydrogen-bond donors (Lipinski definition) is 2. The molecule has 5 heteroatoms. The smallest absolute Gasteiger partial charge is 0.237 e. The van der Waals surface area contributed by atoms with E-state index in [0.29, 0.717) is 6.54 Å². The molecule has 1 amide bonds. The normalized spacial score (nSPS) is 11.9. The van der Waals surface area contributed by atoms with Crippen LogP contribution in [-0.4, -0.2) is 23.5 Å². The number of carbonyl (C=O) groups excluding carboxylic acids is 2. The molecule has 0 aromatic heterocycles. The van der Waals surface area contributed by atoms with E-state index in [-0.39, 0.29) is 18.1 Å². The van der Waals surface area contributed by atoms with Crippen molar-refractivity contribution in [1.29, 1.82) is 0 Å². The zero-order chi connectivity index (χ0) is 24.5. The summed E-state index contributed by atoms with van der Waals surface area (Å²) in [5.41, 5.74) is 7.16. The molecular formula is C30H29N2O2P. The fraction of sp³-hybridized carbons (Fsp3) is 0.100. The van der Waals surface area contributed by atoms with Crippen molar-refractivity contribution in [1.82, 2.24) is 5.32 Å². The lowest BCUT2D eigenvalue weighted by atomic mass is 10.1. The summed E-state index contributed by atoms with van der Waals surface area (Å²) in [5, 5.41) is 6.07. The second kappa shape index (κ2) is 11.6. The van der Waals surface area contributed by atoms with Crippen LogP contribution < -0.4 is 27.0 Å². The van der Waals surface area contributed by atoms with Crippen molar-refractivity contribution in [2.75, 3.05) is 0 Å². The minimum Gasteiger partial charge on any atom is -0.351 e. The van der Waals surface area contributed by atoms with Crippen molar-refractivity contribution in [3.63, 3.8) is 0 Å². The van der Waals surface area contributed by atoms with Gasteiger partial charge in [0.15, 0.2) is 5.78 Å². The van der Waals surface area contributed by atoms with Gasteiger partial charge in [-0.1, -0.05) is 121 Å². The second-order valence-electron chi connectivity index (χ2n) is 8.34. The summed E-state index contributed by atoms with van der Waals surface area (Å²) in [6, 6.07) is 39.0. The third kappa shape index (κ3) is 5.86. The Morgan fingerprint density at radius 2 is 1.09 bits per heavy atom. The third-order valence-corrected chi connectivity index (χ3v) is 9.91. The fourth-order valence-corrected chi connectivity index (χ4v) is 7.96. The first-order chi connectivity index (χ1) is 17.1. The quantitative estimate of drug-likeness (QED) is 0.361. The lowest BCUT2D eigenvalue weighted by Gasteiger charge is -2.28. The summed E-state index contributed by atoms with van der Waals surface area (Å²) in [5.74, 6) is 1.35. The number of hydrogen-bond acceptors (Lipinski definition) is 3. The SMILES string of the molecule is NC(CC(=O)C=P(c1ccccc1)(c1ccccc1)c1ccccc1)C(=O)NCc1ccccc1. The van der Waals surface area contributed by atoms with E-state index >= 15 is 0 Å². The van der Waals surface area contributed by atoms with E-state index in [9.17, 15) is 9.59 Å². The molecule has 3 N–H and O–H groups in total. The van der Waals surface area contributed by atoms with Gasteiger partial charge >= 0.3 is 0 Å². The Morgan fingerprint density at radius 1 is 0.686 bits per heavy atom. The van der Waals surface area contributed by atoms with E-state index in [4.69, 9.17) is 5.73 Å². The maximum absolute atomic E-state index is 13.5. The van der Waals surface area contributed by atoms with Gasteiger partial charge in [0, 0.05) is 13.0 Å². The van der Waals surface area contributed by atoms with Crippen molar-refractivity contribution in [3.05, 3.63) is 127 Å². The summed E-state index contributed by atoms with van der Waals surface area (Å²) < 4.78 is 0. The van der Waals surface area contributed by atoms with Gasteiger partial charge in [-0.25, -0.2) is 0 Å². The lowest BCUT2D eigenvalue weighted by molar-refractivity contribution is -0.124. The van der Waals surface area contributed by atoms with Crippen LogP contribution in [0.5, 0.6) is 0 Å². The van der Waals surface area contributed by atoms with Crippen molar-refractivity contribution in [2.45, 2.75) is 19.0 Å². The van der Waals surface area contributed by atoms with Crippen LogP contribution in [0.1, 0.15) is 12.0 Å². The van der Waals surface area contributed by atoms with Crippen LogP contribution in [0.2, 0.25) is 0 Å². The van der Waals surface area contributed by atoms with Crippen LogP contribution in [0.25, 0.3) is 0 Å². The topological polar surface area (TPSA) is 72.2 Å². The molecule has 176 valence electrons. The Morgan fingerprint density at radius 3 is 1.51 bits per heavy atom. The molecule has 0 fully saturated rings. The molecule has 4 aromatic carbocycles. The summed E-state index contributed by atoms with van der Waals surface area (Å²) in [7, 11) is 0. The highest BCUT2D eigenvalue weighted by atomic mass is 31.2. The summed E-state index contributed by atoms with van der Waals surface area (Å²) >= 11 is 0. The summed E-state index contributed by atoms with van der Waals surface area (Å²) in [6.45, 7) is -2.05. The molecule has 0 aliphatic heterocycles. The predicted octanol–water partition coefficient (Wildman–Crippen LogP) is 3.39. The van der Waals surface area contributed by atoms with Crippen molar-refractivity contribution in [2.24, 2.45) is 5.73 Å². The van der Waals surface area contributed by atoms with Gasteiger partial charge in [-0.05, 0) is 34.2 Å². The van der Waals surface area contributed by atoms with Gasteiger partial charge in [0.05, 0.1) is 6.04 Å². The van der Waals surface area contributed by atoms with E-state index in [1.165, 1.54) is 0 Å². The zero-order valence-electron chi connectivity index (χ0n) is 19.5. The lowest BCUT2D eigenvalue weighted by Crippen LogP contribution is -2.42. The van der Waals surface area contributed by atoms with Crippen LogP contribution in [0.15, 0.2) is 121 Å². The fourth-order valence-electron chi connectivity index (χ4n) is 4.15. The molecule has 0 aliphatic rings. The standard InChI is InChI=1S/C30H29N2O2P/c31-29(30(34)32-22-24-13-5-1-6-14-24)21-25(33)23-35(26-15-7-2-8-16-26,27-17-9-3-10-18-27)28-19-11-4-12-20-28/h1-20,23,29H,21-22,31H2,(H,32,34). The predicted molar refractivity (Wildman–Crippen MR) is 147 cm³/mol. The average molecular weight is 481 g/mol. The van der Waals surface area contributed by atoms with Crippen molar-refractivity contribution < 1.29 is 9.59 Å². The van der Waals surface area contributed by atoms with Gasteiger partial charge in [0.2, 0.25) is 5.91 Å². The van der Waals surface area contributed by atoms with Gasteiger partial charge in [-0.3, -0.25) is 9.59 Å². The van der Waals surface area contributed by atoms with Gasteiger partial charge < -0.3 is 11.1 Å². The molecule has 0 aliphatic carbocycles. The molecule has 1 unspecified atom stereocenters. The van der Waals surface area contributed by atoms with Crippen molar-refractivity contribution >= 4 is 40.3 Å². The van der Waals surface area contributed by atoms with E-state index in [1.807, 2.05) is 90.7 Å². The van der Waals surface area contributed by atoms with Crippen LogP contribution in [0.3, 0.4) is 0 Å². The molecule has 0 radical (unpaired) electrons. The molecular weight excluding hydrogens is 451 g/mol. The number of amides is 1.